The smallest absolute Gasteiger partial charge is 0.119 e. The number of aryl methyl sites for hydroxylation is 1. The highest BCUT2D eigenvalue weighted by Crippen LogP contribution is 2.24. The largest absolute Gasteiger partial charge is 0.497 e. The quantitative estimate of drug-likeness (QED) is 0.796. The van der Waals surface area contributed by atoms with Gasteiger partial charge in [-0.05, 0) is 30.2 Å². The molecule has 0 atom stereocenters. The molecule has 15 heavy (non-hydrogen) atoms. The van der Waals surface area contributed by atoms with Crippen molar-refractivity contribution in [3.05, 3.63) is 36.0 Å². The number of hydrogen-bond acceptors (Lipinski definition) is 2. The van der Waals surface area contributed by atoms with Gasteiger partial charge in [-0.25, -0.2) is 0 Å². The zero-order chi connectivity index (χ0) is 10.7. The predicted molar refractivity (Wildman–Crippen MR) is 65.8 cm³/mol. The second-order valence-corrected chi connectivity index (χ2v) is 4.09. The fourth-order valence-corrected chi connectivity index (χ4v) is 2.07. The summed E-state index contributed by atoms with van der Waals surface area (Å²) in [6.45, 7) is 0. The summed E-state index contributed by atoms with van der Waals surface area (Å²) >= 11 is 3.45. The summed E-state index contributed by atoms with van der Waals surface area (Å²) < 4.78 is 5.27. The first kappa shape index (κ1) is 10.4. The number of halogens is 1. The van der Waals surface area contributed by atoms with Crippen LogP contribution in [0.5, 0.6) is 5.75 Å². The van der Waals surface area contributed by atoms with E-state index in [0.717, 1.165) is 28.4 Å². The first-order valence-electron chi connectivity index (χ1n) is 4.83. The number of aromatic nitrogens is 1. The van der Waals surface area contributed by atoms with Gasteiger partial charge in [-0.1, -0.05) is 22.0 Å². The second kappa shape index (κ2) is 4.62. The summed E-state index contributed by atoms with van der Waals surface area (Å²) in [5, 5.41) is 2.07. The lowest BCUT2D eigenvalue weighted by Crippen LogP contribution is -1.93. The molecular formula is C12H12BrNO. The van der Waals surface area contributed by atoms with Crippen LogP contribution < -0.4 is 4.74 Å². The van der Waals surface area contributed by atoms with Gasteiger partial charge in [0.25, 0.3) is 0 Å². The molecule has 2 rings (SSSR count). The van der Waals surface area contributed by atoms with Crippen molar-refractivity contribution in [1.29, 1.82) is 0 Å². The highest BCUT2D eigenvalue weighted by atomic mass is 79.9. The van der Waals surface area contributed by atoms with Crippen LogP contribution in [-0.4, -0.2) is 17.4 Å². The van der Waals surface area contributed by atoms with E-state index in [2.05, 4.69) is 33.0 Å². The number of hydrogen-bond donors (Lipinski definition) is 0. The molecule has 0 amide bonds. The summed E-state index contributed by atoms with van der Waals surface area (Å²) in [5.41, 5.74) is 2.29. The average molecular weight is 266 g/mol. The number of alkyl halides is 1. The predicted octanol–water partition coefficient (Wildman–Crippen LogP) is 3.18. The van der Waals surface area contributed by atoms with Crippen LogP contribution in [0.4, 0.5) is 0 Å². The number of ether oxygens (including phenoxy) is 1. The van der Waals surface area contributed by atoms with Gasteiger partial charge in [-0.3, -0.25) is 4.98 Å². The number of methoxy groups -OCH3 is 1. The Bertz CT molecular complexity index is 470. The van der Waals surface area contributed by atoms with Crippen LogP contribution in [-0.2, 0) is 6.42 Å². The lowest BCUT2D eigenvalue weighted by Gasteiger charge is -2.07. The van der Waals surface area contributed by atoms with Crippen molar-refractivity contribution < 1.29 is 4.74 Å². The minimum atomic E-state index is 0.895. The van der Waals surface area contributed by atoms with Crippen molar-refractivity contribution >= 4 is 26.8 Å². The third kappa shape index (κ3) is 2.12. The SMILES string of the molecule is COc1cc(CCBr)c2ncccc2c1. The van der Waals surface area contributed by atoms with Gasteiger partial charge in [-0.15, -0.1) is 0 Å². The van der Waals surface area contributed by atoms with Gasteiger partial charge < -0.3 is 4.74 Å². The number of fused-ring (bicyclic) bond motifs is 1. The van der Waals surface area contributed by atoms with Crippen molar-refractivity contribution in [1.82, 2.24) is 4.98 Å². The Balaban J connectivity index is 2.63. The van der Waals surface area contributed by atoms with Crippen molar-refractivity contribution in [2.45, 2.75) is 6.42 Å². The molecule has 0 aliphatic heterocycles. The molecule has 1 aromatic heterocycles. The van der Waals surface area contributed by atoms with Crippen LogP contribution in [0.15, 0.2) is 30.5 Å². The molecule has 0 saturated heterocycles. The Morgan fingerprint density at radius 2 is 2.27 bits per heavy atom. The Hall–Kier alpha value is -1.09. The first-order valence-corrected chi connectivity index (χ1v) is 5.95. The number of rotatable bonds is 3. The van der Waals surface area contributed by atoms with E-state index >= 15 is 0 Å². The Kier molecular flexibility index (Phi) is 3.21. The van der Waals surface area contributed by atoms with Crippen LogP contribution in [0.25, 0.3) is 10.9 Å². The highest BCUT2D eigenvalue weighted by molar-refractivity contribution is 9.09. The van der Waals surface area contributed by atoms with Crippen LogP contribution in [0.1, 0.15) is 5.56 Å². The molecule has 3 heteroatoms. The van der Waals surface area contributed by atoms with Crippen molar-refractivity contribution in [2.24, 2.45) is 0 Å². The van der Waals surface area contributed by atoms with E-state index in [0.29, 0.717) is 0 Å². The van der Waals surface area contributed by atoms with Gasteiger partial charge in [-0.2, -0.15) is 0 Å². The number of pyridine rings is 1. The van der Waals surface area contributed by atoms with E-state index in [4.69, 9.17) is 4.74 Å². The Labute approximate surface area is 97.4 Å². The summed E-state index contributed by atoms with van der Waals surface area (Å²) in [6.07, 6.45) is 2.79. The first-order chi connectivity index (χ1) is 7.35. The molecular weight excluding hydrogens is 254 g/mol. The van der Waals surface area contributed by atoms with Crippen molar-refractivity contribution in [3.8, 4) is 5.75 Å². The molecule has 1 aromatic carbocycles. The summed E-state index contributed by atoms with van der Waals surface area (Å²) in [4.78, 5) is 4.40. The van der Waals surface area contributed by atoms with Gasteiger partial charge >= 0.3 is 0 Å². The zero-order valence-corrected chi connectivity index (χ0v) is 10.1. The summed E-state index contributed by atoms with van der Waals surface area (Å²) in [7, 11) is 1.69. The van der Waals surface area contributed by atoms with Gasteiger partial charge in [0.1, 0.15) is 5.75 Å². The van der Waals surface area contributed by atoms with E-state index in [1.54, 1.807) is 7.11 Å². The molecule has 1 heterocycles. The molecule has 0 aliphatic carbocycles. The van der Waals surface area contributed by atoms with Crippen LogP contribution in [0.2, 0.25) is 0 Å². The van der Waals surface area contributed by atoms with E-state index in [-0.39, 0.29) is 0 Å². The topological polar surface area (TPSA) is 22.1 Å². The minimum Gasteiger partial charge on any atom is -0.497 e. The molecule has 0 N–H and O–H groups in total. The minimum absolute atomic E-state index is 0.895. The normalized spacial score (nSPS) is 10.5. The number of benzene rings is 1. The molecule has 2 aromatic rings. The molecule has 0 bridgehead atoms. The van der Waals surface area contributed by atoms with E-state index < -0.39 is 0 Å². The Morgan fingerprint density at radius 3 is 3.00 bits per heavy atom. The fraction of sp³-hybridized carbons (Fsp3) is 0.250. The summed E-state index contributed by atoms with van der Waals surface area (Å²) in [6, 6.07) is 8.07. The maximum atomic E-state index is 5.27. The van der Waals surface area contributed by atoms with Crippen molar-refractivity contribution in [2.75, 3.05) is 12.4 Å². The third-order valence-corrected chi connectivity index (χ3v) is 2.75. The summed E-state index contributed by atoms with van der Waals surface area (Å²) in [5.74, 6) is 0.895. The van der Waals surface area contributed by atoms with E-state index in [1.165, 1.54) is 5.56 Å². The molecule has 0 aliphatic rings. The maximum absolute atomic E-state index is 5.27. The van der Waals surface area contributed by atoms with E-state index in [9.17, 15) is 0 Å². The lowest BCUT2D eigenvalue weighted by atomic mass is 10.1. The zero-order valence-electron chi connectivity index (χ0n) is 8.53. The second-order valence-electron chi connectivity index (χ2n) is 3.30. The van der Waals surface area contributed by atoms with Gasteiger partial charge in [0.05, 0.1) is 12.6 Å². The average Bonchev–Trinajstić information content (AvgIpc) is 2.29. The fourth-order valence-electron chi connectivity index (χ4n) is 1.65. The van der Waals surface area contributed by atoms with Crippen LogP contribution in [0.3, 0.4) is 0 Å². The maximum Gasteiger partial charge on any atom is 0.119 e. The highest BCUT2D eigenvalue weighted by Gasteiger charge is 2.04. The van der Waals surface area contributed by atoms with Crippen LogP contribution in [0, 0.1) is 0 Å². The third-order valence-electron chi connectivity index (χ3n) is 2.36. The molecule has 0 spiro atoms. The van der Waals surface area contributed by atoms with Crippen LogP contribution >= 0.6 is 15.9 Å². The van der Waals surface area contributed by atoms with E-state index in [1.807, 2.05) is 18.3 Å². The molecule has 0 saturated carbocycles. The monoisotopic (exact) mass is 265 g/mol. The lowest BCUT2D eigenvalue weighted by molar-refractivity contribution is 0.415. The Morgan fingerprint density at radius 1 is 1.40 bits per heavy atom. The molecule has 0 fully saturated rings. The molecule has 2 nitrogen and oxygen atoms in total. The van der Waals surface area contributed by atoms with Crippen molar-refractivity contribution in [3.63, 3.8) is 0 Å². The van der Waals surface area contributed by atoms with Gasteiger partial charge in [0.15, 0.2) is 0 Å². The van der Waals surface area contributed by atoms with Gasteiger partial charge in [0, 0.05) is 16.9 Å². The molecule has 78 valence electrons. The standard InChI is InChI=1S/C12H12BrNO/c1-15-11-7-9-3-2-6-14-12(9)10(8-11)4-5-13/h2-3,6-8H,4-5H2,1H3. The van der Waals surface area contributed by atoms with Gasteiger partial charge in [0.2, 0.25) is 0 Å². The number of nitrogens with zero attached hydrogens (tertiary/aromatic N) is 1. The molecule has 0 unspecified atom stereocenters. The molecule has 0 radical (unpaired) electrons.